The van der Waals surface area contributed by atoms with E-state index >= 15 is 0 Å². The molecular formula is C20H33IN4O2. The average Bonchev–Trinajstić information content (AvgIpc) is 2.68. The first-order valence-corrected chi connectivity index (χ1v) is 9.60. The first-order valence-electron chi connectivity index (χ1n) is 9.60. The monoisotopic (exact) mass is 488 g/mol. The lowest BCUT2D eigenvalue weighted by molar-refractivity contribution is -0.140. The third-order valence-corrected chi connectivity index (χ3v) is 4.49. The van der Waals surface area contributed by atoms with Gasteiger partial charge in [-0.25, -0.2) is 4.99 Å². The number of hydrogen-bond donors (Lipinski definition) is 2. The summed E-state index contributed by atoms with van der Waals surface area (Å²) in [5.41, 5.74) is 2.54. The zero-order chi connectivity index (χ0) is 18.6. The summed E-state index contributed by atoms with van der Waals surface area (Å²) in [7, 11) is 1.40. The van der Waals surface area contributed by atoms with E-state index in [9.17, 15) is 4.79 Å². The summed E-state index contributed by atoms with van der Waals surface area (Å²) in [6.45, 7) is 7.39. The van der Waals surface area contributed by atoms with Gasteiger partial charge in [0.2, 0.25) is 0 Å². The molecule has 6 nitrogen and oxygen atoms in total. The number of ether oxygens (including phenoxy) is 1. The van der Waals surface area contributed by atoms with Crippen molar-refractivity contribution in [3.05, 3.63) is 35.4 Å². The molecule has 1 aliphatic rings. The number of likely N-dealkylation sites (tertiary alicyclic amines) is 1. The van der Waals surface area contributed by atoms with Crippen LogP contribution in [0.4, 0.5) is 0 Å². The summed E-state index contributed by atoms with van der Waals surface area (Å²) in [5.74, 6) is 0.492. The van der Waals surface area contributed by atoms with Gasteiger partial charge in [-0.15, -0.1) is 24.0 Å². The summed E-state index contributed by atoms with van der Waals surface area (Å²) in [6.07, 6.45) is 4.34. The number of aliphatic imine (C=N–C) groups is 1. The highest BCUT2D eigenvalue weighted by Crippen LogP contribution is 2.14. The van der Waals surface area contributed by atoms with Gasteiger partial charge in [0.25, 0.3) is 0 Å². The standard InChI is InChI=1S/C20H32N4O2.HI/c1-3-21-20(22-12-11-19(25)26-2)23-15-17-7-9-18(10-8-17)16-24-13-5-4-6-14-24;/h7-10H,3-6,11-16H2,1-2H3,(H2,21,22,23);1H. The molecule has 152 valence electrons. The Kier molecular flexibility index (Phi) is 12.1. The van der Waals surface area contributed by atoms with E-state index in [4.69, 9.17) is 0 Å². The fraction of sp³-hybridized carbons (Fsp3) is 0.600. The fourth-order valence-corrected chi connectivity index (χ4v) is 3.02. The lowest BCUT2D eigenvalue weighted by Gasteiger charge is -2.26. The number of hydrogen-bond acceptors (Lipinski definition) is 4. The van der Waals surface area contributed by atoms with Gasteiger partial charge in [0, 0.05) is 19.6 Å². The van der Waals surface area contributed by atoms with Crippen LogP contribution in [0, 0.1) is 0 Å². The Balaban J connectivity index is 0.00000364. The molecule has 2 N–H and O–H groups in total. The first-order chi connectivity index (χ1) is 12.7. The molecule has 1 aromatic carbocycles. The lowest BCUT2D eigenvalue weighted by atomic mass is 10.1. The molecule has 1 aliphatic heterocycles. The summed E-state index contributed by atoms with van der Waals surface area (Å²) in [4.78, 5) is 18.3. The number of benzene rings is 1. The van der Waals surface area contributed by atoms with Crippen molar-refractivity contribution in [3.63, 3.8) is 0 Å². The van der Waals surface area contributed by atoms with Crippen molar-refractivity contribution < 1.29 is 9.53 Å². The minimum atomic E-state index is -0.224. The Bertz CT molecular complexity index is 572. The van der Waals surface area contributed by atoms with Crippen molar-refractivity contribution in [1.29, 1.82) is 0 Å². The van der Waals surface area contributed by atoms with E-state index in [1.165, 1.54) is 50.6 Å². The van der Waals surface area contributed by atoms with Crippen molar-refractivity contribution in [2.24, 2.45) is 4.99 Å². The van der Waals surface area contributed by atoms with Crippen LogP contribution in [-0.4, -0.2) is 50.1 Å². The smallest absolute Gasteiger partial charge is 0.307 e. The Morgan fingerprint density at radius 3 is 2.41 bits per heavy atom. The number of guanidine groups is 1. The van der Waals surface area contributed by atoms with E-state index in [0.717, 1.165) is 13.1 Å². The molecule has 2 rings (SSSR count). The van der Waals surface area contributed by atoms with Gasteiger partial charge in [-0.1, -0.05) is 30.7 Å². The van der Waals surface area contributed by atoms with E-state index in [1.807, 2.05) is 6.92 Å². The molecule has 0 atom stereocenters. The molecule has 0 bridgehead atoms. The second kappa shape index (κ2) is 13.8. The van der Waals surface area contributed by atoms with Crippen LogP contribution >= 0.6 is 24.0 Å². The molecule has 0 aromatic heterocycles. The van der Waals surface area contributed by atoms with Crippen LogP contribution in [0.15, 0.2) is 29.3 Å². The van der Waals surface area contributed by atoms with Crippen LogP contribution in [-0.2, 0) is 22.6 Å². The van der Waals surface area contributed by atoms with E-state index < -0.39 is 0 Å². The molecular weight excluding hydrogens is 455 g/mol. The molecule has 0 saturated carbocycles. The van der Waals surface area contributed by atoms with Crippen LogP contribution in [0.3, 0.4) is 0 Å². The summed E-state index contributed by atoms with van der Waals surface area (Å²) >= 11 is 0. The normalized spacial score (nSPS) is 15.0. The second-order valence-corrected chi connectivity index (χ2v) is 6.60. The first kappa shape index (κ1) is 23.7. The number of nitrogens with one attached hydrogen (secondary N) is 2. The van der Waals surface area contributed by atoms with E-state index in [-0.39, 0.29) is 29.9 Å². The molecule has 1 saturated heterocycles. The van der Waals surface area contributed by atoms with Gasteiger partial charge in [0.15, 0.2) is 5.96 Å². The number of carbonyl (C=O) groups is 1. The van der Waals surface area contributed by atoms with Crippen molar-refractivity contribution in [2.45, 2.75) is 45.7 Å². The van der Waals surface area contributed by atoms with Gasteiger partial charge in [0.05, 0.1) is 20.1 Å². The number of halogens is 1. The number of nitrogens with zero attached hydrogens (tertiary/aromatic N) is 2. The largest absolute Gasteiger partial charge is 0.469 e. The summed E-state index contributed by atoms with van der Waals surface area (Å²) in [6, 6.07) is 8.72. The molecule has 1 fully saturated rings. The molecule has 0 spiro atoms. The zero-order valence-corrected chi connectivity index (χ0v) is 18.8. The van der Waals surface area contributed by atoms with E-state index in [0.29, 0.717) is 25.5 Å². The van der Waals surface area contributed by atoms with E-state index in [1.54, 1.807) is 0 Å². The quantitative estimate of drug-likeness (QED) is 0.255. The maximum atomic E-state index is 11.2. The third kappa shape index (κ3) is 9.41. The van der Waals surface area contributed by atoms with Crippen LogP contribution in [0.1, 0.15) is 43.7 Å². The zero-order valence-electron chi connectivity index (χ0n) is 16.5. The van der Waals surface area contributed by atoms with Crippen LogP contribution in [0.5, 0.6) is 0 Å². The van der Waals surface area contributed by atoms with Crippen molar-refractivity contribution in [2.75, 3.05) is 33.3 Å². The maximum absolute atomic E-state index is 11.2. The number of methoxy groups -OCH3 is 1. The molecule has 7 heteroatoms. The van der Waals surface area contributed by atoms with Gasteiger partial charge in [-0.05, 0) is 44.0 Å². The molecule has 27 heavy (non-hydrogen) atoms. The second-order valence-electron chi connectivity index (χ2n) is 6.60. The topological polar surface area (TPSA) is 66.0 Å². The van der Waals surface area contributed by atoms with Crippen LogP contribution in [0.25, 0.3) is 0 Å². The Morgan fingerprint density at radius 2 is 1.78 bits per heavy atom. The van der Waals surface area contributed by atoms with Gasteiger partial charge in [-0.2, -0.15) is 0 Å². The molecule has 0 unspecified atom stereocenters. The average molecular weight is 488 g/mol. The Morgan fingerprint density at radius 1 is 1.11 bits per heavy atom. The van der Waals surface area contributed by atoms with Crippen molar-refractivity contribution in [1.82, 2.24) is 15.5 Å². The number of carbonyl (C=O) groups excluding carboxylic acids is 1. The highest BCUT2D eigenvalue weighted by atomic mass is 127. The predicted octanol–water partition coefficient (Wildman–Crippen LogP) is 2.91. The molecule has 0 aliphatic carbocycles. The molecule has 1 heterocycles. The minimum absolute atomic E-state index is 0. The number of piperidine rings is 1. The lowest BCUT2D eigenvalue weighted by Crippen LogP contribution is -2.38. The van der Waals surface area contributed by atoms with Gasteiger partial charge >= 0.3 is 5.97 Å². The van der Waals surface area contributed by atoms with Gasteiger partial charge < -0.3 is 15.4 Å². The Hall–Kier alpha value is -1.35. The highest BCUT2D eigenvalue weighted by Gasteiger charge is 2.10. The summed E-state index contributed by atoms with van der Waals surface area (Å²) < 4.78 is 4.64. The Labute approximate surface area is 180 Å². The fourth-order valence-electron chi connectivity index (χ4n) is 3.02. The third-order valence-electron chi connectivity index (χ3n) is 4.49. The van der Waals surface area contributed by atoms with Crippen molar-refractivity contribution in [3.8, 4) is 0 Å². The summed E-state index contributed by atoms with van der Waals surface area (Å²) in [5, 5.41) is 6.34. The van der Waals surface area contributed by atoms with Crippen LogP contribution < -0.4 is 10.6 Å². The SMILES string of the molecule is CCNC(=NCc1ccc(CN2CCCCC2)cc1)NCCC(=O)OC.I. The number of esters is 1. The molecule has 0 radical (unpaired) electrons. The number of rotatable bonds is 8. The maximum Gasteiger partial charge on any atom is 0.307 e. The highest BCUT2D eigenvalue weighted by molar-refractivity contribution is 14.0. The molecule has 0 amide bonds. The van der Waals surface area contributed by atoms with E-state index in [2.05, 4.69) is 49.5 Å². The van der Waals surface area contributed by atoms with Gasteiger partial charge in [0.1, 0.15) is 0 Å². The minimum Gasteiger partial charge on any atom is -0.469 e. The van der Waals surface area contributed by atoms with Crippen molar-refractivity contribution >= 4 is 35.9 Å². The van der Waals surface area contributed by atoms with Gasteiger partial charge in [-0.3, -0.25) is 9.69 Å². The predicted molar refractivity (Wildman–Crippen MR) is 120 cm³/mol. The van der Waals surface area contributed by atoms with Crippen LogP contribution in [0.2, 0.25) is 0 Å². The molecule has 1 aromatic rings.